The predicted octanol–water partition coefficient (Wildman–Crippen LogP) is 3.40. The molecule has 1 aromatic heterocycles. The molecular weight excluding hydrogens is 310 g/mol. The second-order valence-electron chi connectivity index (χ2n) is 5.01. The van der Waals surface area contributed by atoms with E-state index in [0.29, 0.717) is 17.0 Å². The van der Waals surface area contributed by atoms with Crippen molar-refractivity contribution in [3.63, 3.8) is 0 Å². The third kappa shape index (κ3) is 3.00. The number of carbonyl (C=O) groups excluding carboxylic acids is 1. The number of nitro groups is 1. The predicted molar refractivity (Wildman–Crippen MR) is 89.3 cm³/mol. The third-order valence-electron chi connectivity index (χ3n) is 3.48. The Labute approximate surface area is 137 Å². The summed E-state index contributed by atoms with van der Waals surface area (Å²) in [5, 5.41) is 14.4. The average Bonchev–Trinajstić information content (AvgIpc) is 2.61. The molecule has 120 valence electrons. The molecule has 0 saturated heterocycles. The molecule has 0 unspecified atom stereocenters. The van der Waals surface area contributed by atoms with Crippen molar-refractivity contribution in [2.75, 3.05) is 12.4 Å². The van der Waals surface area contributed by atoms with Crippen molar-refractivity contribution in [2.45, 2.75) is 0 Å². The fraction of sp³-hybridized carbons (Fsp3) is 0.0588. The Kier molecular flexibility index (Phi) is 4.07. The lowest BCUT2D eigenvalue weighted by Crippen LogP contribution is -2.12. The van der Waals surface area contributed by atoms with Crippen LogP contribution in [0.25, 0.3) is 10.9 Å². The lowest BCUT2D eigenvalue weighted by molar-refractivity contribution is -0.384. The minimum atomic E-state index is -0.542. The van der Waals surface area contributed by atoms with Gasteiger partial charge in [0.2, 0.25) is 0 Å². The molecule has 0 radical (unpaired) electrons. The molecular formula is C17H13N3O4. The largest absolute Gasteiger partial charge is 0.497 e. The Bertz CT molecular complexity index is 940. The fourth-order valence-corrected chi connectivity index (χ4v) is 2.33. The molecule has 0 aliphatic heterocycles. The molecule has 1 amide bonds. The third-order valence-corrected chi connectivity index (χ3v) is 3.48. The highest BCUT2D eigenvalue weighted by Crippen LogP contribution is 2.28. The first-order valence-corrected chi connectivity index (χ1v) is 7.07. The SMILES string of the molecule is COc1cc(NC(=O)c2cccc([N+](=O)[O-])c2)c2ncccc2c1. The molecule has 0 bridgehead atoms. The van der Waals surface area contributed by atoms with Crippen molar-refractivity contribution in [2.24, 2.45) is 0 Å². The molecule has 24 heavy (non-hydrogen) atoms. The standard InChI is InChI=1S/C17H13N3O4/c1-24-14-9-11-5-3-7-18-16(11)15(10-14)19-17(21)12-4-2-6-13(8-12)20(22)23/h2-10H,1H3,(H,19,21). The van der Waals surface area contributed by atoms with Gasteiger partial charge in [-0.3, -0.25) is 19.9 Å². The van der Waals surface area contributed by atoms with Crippen LogP contribution >= 0.6 is 0 Å². The van der Waals surface area contributed by atoms with Crippen LogP contribution in [0.2, 0.25) is 0 Å². The van der Waals surface area contributed by atoms with Crippen LogP contribution in [-0.4, -0.2) is 22.9 Å². The van der Waals surface area contributed by atoms with Gasteiger partial charge in [0.1, 0.15) is 5.75 Å². The number of non-ortho nitro benzene ring substituents is 1. The number of fused-ring (bicyclic) bond motifs is 1. The summed E-state index contributed by atoms with van der Waals surface area (Å²) in [6.07, 6.45) is 1.62. The number of aromatic nitrogens is 1. The zero-order chi connectivity index (χ0) is 17.1. The van der Waals surface area contributed by atoms with Gasteiger partial charge in [0, 0.05) is 35.3 Å². The maximum absolute atomic E-state index is 12.4. The zero-order valence-electron chi connectivity index (χ0n) is 12.7. The number of anilines is 1. The van der Waals surface area contributed by atoms with Gasteiger partial charge in [-0.05, 0) is 18.2 Å². The molecule has 1 heterocycles. The van der Waals surface area contributed by atoms with Gasteiger partial charge in [-0.15, -0.1) is 0 Å². The molecule has 0 saturated carbocycles. The van der Waals surface area contributed by atoms with Crippen molar-refractivity contribution in [3.05, 3.63) is 70.4 Å². The van der Waals surface area contributed by atoms with E-state index >= 15 is 0 Å². The molecule has 0 aliphatic rings. The van der Waals surface area contributed by atoms with Crippen LogP contribution < -0.4 is 10.1 Å². The maximum Gasteiger partial charge on any atom is 0.270 e. The van der Waals surface area contributed by atoms with Crippen LogP contribution in [-0.2, 0) is 0 Å². The van der Waals surface area contributed by atoms with Crippen LogP contribution in [0.5, 0.6) is 5.75 Å². The van der Waals surface area contributed by atoms with Crippen molar-refractivity contribution in [1.82, 2.24) is 4.98 Å². The van der Waals surface area contributed by atoms with Crippen LogP contribution in [0.4, 0.5) is 11.4 Å². The van der Waals surface area contributed by atoms with Crippen molar-refractivity contribution >= 4 is 28.2 Å². The first kappa shape index (κ1) is 15.4. The fourth-order valence-electron chi connectivity index (χ4n) is 2.33. The number of hydrogen-bond acceptors (Lipinski definition) is 5. The average molecular weight is 323 g/mol. The minimum Gasteiger partial charge on any atom is -0.497 e. The number of amides is 1. The van der Waals surface area contributed by atoms with Gasteiger partial charge in [0.15, 0.2) is 0 Å². The van der Waals surface area contributed by atoms with Crippen LogP contribution in [0.3, 0.4) is 0 Å². The summed E-state index contributed by atoms with van der Waals surface area (Å²) in [5.41, 5.74) is 1.13. The number of hydrogen-bond donors (Lipinski definition) is 1. The number of methoxy groups -OCH3 is 1. The summed E-state index contributed by atoms with van der Waals surface area (Å²) in [5.74, 6) is 0.115. The Morgan fingerprint density at radius 2 is 2.04 bits per heavy atom. The van der Waals surface area contributed by atoms with Crippen molar-refractivity contribution < 1.29 is 14.5 Å². The monoisotopic (exact) mass is 323 g/mol. The number of carbonyl (C=O) groups is 1. The van der Waals surface area contributed by atoms with E-state index in [9.17, 15) is 14.9 Å². The molecule has 7 heteroatoms. The van der Waals surface area contributed by atoms with Crippen LogP contribution in [0, 0.1) is 10.1 Å². The molecule has 3 rings (SSSR count). The first-order chi connectivity index (χ1) is 11.6. The number of nitro benzene ring substituents is 1. The van der Waals surface area contributed by atoms with Gasteiger partial charge in [-0.1, -0.05) is 12.1 Å². The Morgan fingerprint density at radius 1 is 1.21 bits per heavy atom. The van der Waals surface area contributed by atoms with Crippen molar-refractivity contribution in [1.29, 1.82) is 0 Å². The second kappa shape index (κ2) is 6.33. The van der Waals surface area contributed by atoms with Gasteiger partial charge in [-0.2, -0.15) is 0 Å². The van der Waals surface area contributed by atoms with Gasteiger partial charge in [-0.25, -0.2) is 0 Å². The number of ether oxygens (including phenoxy) is 1. The molecule has 1 N–H and O–H groups in total. The van der Waals surface area contributed by atoms with E-state index in [1.165, 1.54) is 31.4 Å². The smallest absolute Gasteiger partial charge is 0.270 e. The summed E-state index contributed by atoms with van der Waals surface area (Å²) in [6.45, 7) is 0. The number of rotatable bonds is 4. The summed E-state index contributed by atoms with van der Waals surface area (Å²) in [4.78, 5) is 27.0. The summed E-state index contributed by atoms with van der Waals surface area (Å²) in [7, 11) is 1.53. The Hall–Kier alpha value is -3.48. The van der Waals surface area contributed by atoms with Crippen LogP contribution in [0.15, 0.2) is 54.7 Å². The highest BCUT2D eigenvalue weighted by molar-refractivity contribution is 6.08. The van der Waals surface area contributed by atoms with Gasteiger partial charge in [0.25, 0.3) is 11.6 Å². The summed E-state index contributed by atoms with van der Waals surface area (Å²) < 4.78 is 5.23. The molecule has 0 aliphatic carbocycles. The molecule has 0 spiro atoms. The maximum atomic E-state index is 12.4. The topological polar surface area (TPSA) is 94.4 Å². The molecule has 3 aromatic rings. The van der Waals surface area contributed by atoms with Gasteiger partial charge in [0.05, 0.1) is 23.2 Å². The second-order valence-corrected chi connectivity index (χ2v) is 5.01. The Morgan fingerprint density at radius 3 is 2.79 bits per heavy atom. The number of nitrogens with zero attached hydrogens (tertiary/aromatic N) is 2. The lowest BCUT2D eigenvalue weighted by atomic mass is 10.1. The van der Waals surface area contributed by atoms with Crippen molar-refractivity contribution in [3.8, 4) is 5.75 Å². The molecule has 0 atom stereocenters. The first-order valence-electron chi connectivity index (χ1n) is 7.07. The quantitative estimate of drug-likeness (QED) is 0.586. The van der Waals surface area contributed by atoms with E-state index in [0.717, 1.165) is 5.39 Å². The molecule has 2 aromatic carbocycles. The van der Waals surface area contributed by atoms with Crippen LogP contribution in [0.1, 0.15) is 10.4 Å². The van der Waals surface area contributed by atoms with E-state index in [1.54, 1.807) is 18.3 Å². The normalized spacial score (nSPS) is 10.4. The van der Waals surface area contributed by atoms with E-state index < -0.39 is 10.8 Å². The number of benzene rings is 2. The lowest BCUT2D eigenvalue weighted by Gasteiger charge is -2.10. The minimum absolute atomic E-state index is 0.142. The van der Waals surface area contributed by atoms with E-state index in [4.69, 9.17) is 4.74 Å². The van der Waals surface area contributed by atoms with E-state index in [2.05, 4.69) is 10.3 Å². The number of pyridine rings is 1. The van der Waals surface area contributed by atoms with Gasteiger partial charge >= 0.3 is 0 Å². The zero-order valence-corrected chi connectivity index (χ0v) is 12.7. The highest BCUT2D eigenvalue weighted by Gasteiger charge is 2.14. The Balaban J connectivity index is 1.98. The van der Waals surface area contributed by atoms with E-state index in [-0.39, 0.29) is 11.3 Å². The summed E-state index contributed by atoms with van der Waals surface area (Å²) >= 11 is 0. The van der Waals surface area contributed by atoms with E-state index in [1.807, 2.05) is 12.1 Å². The summed E-state index contributed by atoms with van der Waals surface area (Å²) in [6, 6.07) is 12.6. The molecule has 0 fully saturated rings. The van der Waals surface area contributed by atoms with Gasteiger partial charge < -0.3 is 10.1 Å². The molecule has 7 nitrogen and oxygen atoms in total. The number of nitrogens with one attached hydrogen (secondary N) is 1. The highest BCUT2D eigenvalue weighted by atomic mass is 16.6.